The largest absolute Gasteiger partial charge is 0.396 e. The summed E-state index contributed by atoms with van der Waals surface area (Å²) in [6.07, 6.45) is 2.70. The zero-order chi connectivity index (χ0) is 22.4. The molecule has 1 aromatic carbocycles. The van der Waals surface area contributed by atoms with E-state index in [1.165, 1.54) is 4.90 Å². The molecule has 2 aliphatic heterocycles. The van der Waals surface area contributed by atoms with Gasteiger partial charge < -0.3 is 25.1 Å². The Kier molecular flexibility index (Phi) is 8.15. The minimum atomic E-state index is -0.568. The molecule has 8 nitrogen and oxygen atoms in total. The number of carbonyl (C=O) groups excluding carboxylic acids is 3. The van der Waals surface area contributed by atoms with Crippen LogP contribution in [0.1, 0.15) is 32.6 Å². The van der Waals surface area contributed by atoms with Crippen LogP contribution in [0.5, 0.6) is 0 Å². The van der Waals surface area contributed by atoms with E-state index in [0.29, 0.717) is 62.2 Å². The smallest absolute Gasteiger partial charge is 0.322 e. The maximum Gasteiger partial charge on any atom is 0.322 e. The number of halogens is 1. The summed E-state index contributed by atoms with van der Waals surface area (Å²) in [5.74, 6) is 0.302. The van der Waals surface area contributed by atoms with Crippen LogP contribution in [-0.4, -0.2) is 83.0 Å². The minimum Gasteiger partial charge on any atom is -0.396 e. The number of piperidine rings is 1. The second kappa shape index (κ2) is 10.8. The molecule has 3 rings (SSSR count). The molecule has 0 radical (unpaired) electrons. The molecule has 2 heterocycles. The molecule has 9 heteroatoms. The van der Waals surface area contributed by atoms with Gasteiger partial charge in [-0.1, -0.05) is 17.7 Å². The predicted octanol–water partition coefficient (Wildman–Crippen LogP) is 2.42. The molecule has 2 fully saturated rings. The average molecular weight is 451 g/mol. The fraction of sp³-hybridized carbons (Fsp3) is 0.591. The minimum absolute atomic E-state index is 0.108. The van der Waals surface area contributed by atoms with Crippen molar-refractivity contribution < 1.29 is 19.5 Å². The number of piperazine rings is 1. The number of aliphatic hydroxyl groups excluding tert-OH is 1. The second-order valence-electron chi connectivity index (χ2n) is 8.25. The van der Waals surface area contributed by atoms with Gasteiger partial charge in [0.1, 0.15) is 6.04 Å². The predicted molar refractivity (Wildman–Crippen MR) is 119 cm³/mol. The van der Waals surface area contributed by atoms with Gasteiger partial charge in [0, 0.05) is 56.5 Å². The monoisotopic (exact) mass is 450 g/mol. The Labute approximate surface area is 188 Å². The summed E-state index contributed by atoms with van der Waals surface area (Å²) in [6.45, 7) is 4.69. The quantitative estimate of drug-likeness (QED) is 0.696. The normalized spacial score (nSPS) is 20.2. The number of likely N-dealkylation sites (tertiary alicyclic amines) is 1. The summed E-state index contributed by atoms with van der Waals surface area (Å²) in [4.78, 5) is 42.9. The van der Waals surface area contributed by atoms with Crippen LogP contribution in [0.25, 0.3) is 0 Å². The summed E-state index contributed by atoms with van der Waals surface area (Å²) in [5.41, 5.74) is 0.584. The van der Waals surface area contributed by atoms with Crippen LogP contribution in [0.2, 0.25) is 5.02 Å². The number of nitrogens with one attached hydrogen (secondary N) is 1. The van der Waals surface area contributed by atoms with Gasteiger partial charge in [-0.25, -0.2) is 4.79 Å². The van der Waals surface area contributed by atoms with Gasteiger partial charge in [-0.15, -0.1) is 0 Å². The van der Waals surface area contributed by atoms with E-state index in [0.717, 1.165) is 12.8 Å². The molecular formula is C22H31ClN4O4. The number of nitrogens with zero attached hydrogens (tertiary/aromatic N) is 3. The molecule has 2 saturated heterocycles. The number of hydrogen-bond acceptors (Lipinski definition) is 4. The molecule has 0 saturated carbocycles. The summed E-state index contributed by atoms with van der Waals surface area (Å²) in [7, 11) is 0. The highest BCUT2D eigenvalue weighted by Crippen LogP contribution is 2.19. The highest BCUT2D eigenvalue weighted by atomic mass is 35.5. The van der Waals surface area contributed by atoms with Crippen molar-refractivity contribution in [1.29, 1.82) is 0 Å². The highest BCUT2D eigenvalue weighted by molar-refractivity contribution is 6.30. The fourth-order valence-corrected chi connectivity index (χ4v) is 4.33. The third-order valence-electron chi connectivity index (χ3n) is 6.13. The molecule has 4 amide bonds. The molecule has 1 unspecified atom stereocenters. The molecule has 170 valence electrons. The molecule has 2 N–H and O–H groups in total. The van der Waals surface area contributed by atoms with Crippen LogP contribution in [0.4, 0.5) is 10.5 Å². The summed E-state index contributed by atoms with van der Waals surface area (Å²) in [6, 6.07) is 5.98. The number of amides is 4. The van der Waals surface area contributed by atoms with Crippen LogP contribution in [0.15, 0.2) is 24.3 Å². The van der Waals surface area contributed by atoms with Crippen LogP contribution in [0, 0.1) is 5.92 Å². The van der Waals surface area contributed by atoms with Gasteiger partial charge in [0.05, 0.1) is 0 Å². The fourth-order valence-electron chi connectivity index (χ4n) is 4.13. The molecule has 0 aliphatic carbocycles. The number of hydrogen-bond donors (Lipinski definition) is 2. The van der Waals surface area contributed by atoms with Crippen LogP contribution < -0.4 is 5.32 Å². The Morgan fingerprint density at radius 1 is 1.19 bits per heavy atom. The van der Waals surface area contributed by atoms with Crippen molar-refractivity contribution in [2.24, 2.45) is 5.92 Å². The number of rotatable bonds is 6. The first-order valence-electron chi connectivity index (χ1n) is 10.9. The lowest BCUT2D eigenvalue weighted by Crippen LogP contribution is -2.58. The van der Waals surface area contributed by atoms with E-state index < -0.39 is 6.04 Å². The molecule has 0 aromatic heterocycles. The first-order chi connectivity index (χ1) is 14.9. The number of aliphatic hydroxyl groups is 1. The summed E-state index contributed by atoms with van der Waals surface area (Å²) >= 11 is 5.96. The number of carbonyl (C=O) groups is 3. The number of benzene rings is 1. The van der Waals surface area contributed by atoms with Crippen molar-refractivity contribution in [2.45, 2.75) is 38.6 Å². The first-order valence-corrected chi connectivity index (χ1v) is 11.3. The third-order valence-corrected chi connectivity index (χ3v) is 6.36. The average Bonchev–Trinajstić information content (AvgIpc) is 2.76. The maximum atomic E-state index is 12.8. The number of urea groups is 1. The molecule has 31 heavy (non-hydrogen) atoms. The van der Waals surface area contributed by atoms with E-state index in [4.69, 9.17) is 11.6 Å². The molecular weight excluding hydrogens is 420 g/mol. The van der Waals surface area contributed by atoms with Crippen molar-refractivity contribution >= 4 is 35.1 Å². The van der Waals surface area contributed by atoms with Crippen LogP contribution >= 0.6 is 11.6 Å². The Morgan fingerprint density at radius 2 is 1.94 bits per heavy atom. The van der Waals surface area contributed by atoms with E-state index in [-0.39, 0.29) is 24.5 Å². The zero-order valence-corrected chi connectivity index (χ0v) is 18.7. The molecule has 0 spiro atoms. The topological polar surface area (TPSA) is 93.2 Å². The SMILES string of the molecule is CC1C(=O)N(CCCC(=O)N2CCC(CO)CC2)CCN1C(=O)Nc1cccc(Cl)c1. The molecule has 0 bridgehead atoms. The summed E-state index contributed by atoms with van der Waals surface area (Å²) in [5, 5.41) is 12.5. The zero-order valence-electron chi connectivity index (χ0n) is 17.9. The van der Waals surface area contributed by atoms with Crippen molar-refractivity contribution in [1.82, 2.24) is 14.7 Å². The Hall–Kier alpha value is -2.32. The second-order valence-corrected chi connectivity index (χ2v) is 8.68. The van der Waals surface area contributed by atoms with Crippen LogP contribution in [-0.2, 0) is 9.59 Å². The van der Waals surface area contributed by atoms with Crippen LogP contribution in [0.3, 0.4) is 0 Å². The molecule has 1 atom stereocenters. The van der Waals surface area contributed by atoms with E-state index in [9.17, 15) is 19.5 Å². The highest BCUT2D eigenvalue weighted by Gasteiger charge is 2.34. The van der Waals surface area contributed by atoms with Gasteiger partial charge in [-0.05, 0) is 50.3 Å². The Bertz CT molecular complexity index is 797. The van der Waals surface area contributed by atoms with Gasteiger partial charge >= 0.3 is 6.03 Å². The van der Waals surface area contributed by atoms with Crippen molar-refractivity contribution in [3.05, 3.63) is 29.3 Å². The van der Waals surface area contributed by atoms with E-state index in [1.54, 1.807) is 36.1 Å². The van der Waals surface area contributed by atoms with Gasteiger partial charge in [0.15, 0.2) is 0 Å². The molecule has 1 aromatic rings. The van der Waals surface area contributed by atoms with Crippen molar-refractivity contribution in [3.8, 4) is 0 Å². The Morgan fingerprint density at radius 3 is 2.61 bits per heavy atom. The maximum absolute atomic E-state index is 12.8. The first kappa shape index (κ1) is 23.3. The molecule has 2 aliphatic rings. The van der Waals surface area contributed by atoms with E-state index in [1.807, 2.05) is 4.90 Å². The lowest BCUT2D eigenvalue weighted by molar-refractivity contribution is -0.140. The van der Waals surface area contributed by atoms with Gasteiger partial charge in [-0.3, -0.25) is 9.59 Å². The lowest BCUT2D eigenvalue weighted by Gasteiger charge is -2.39. The van der Waals surface area contributed by atoms with Gasteiger partial charge in [0.2, 0.25) is 11.8 Å². The Balaban J connectivity index is 1.43. The van der Waals surface area contributed by atoms with Gasteiger partial charge in [0.25, 0.3) is 0 Å². The van der Waals surface area contributed by atoms with Gasteiger partial charge in [-0.2, -0.15) is 0 Å². The lowest BCUT2D eigenvalue weighted by atomic mass is 9.97. The third kappa shape index (κ3) is 6.11. The standard InChI is InChI=1S/C22H31ClN4O4/c1-16-21(30)26(9-3-6-20(29)25-10-7-17(15-28)8-11-25)12-13-27(16)22(31)24-19-5-2-4-18(23)14-19/h2,4-5,14,16-17,28H,3,6-13,15H2,1H3,(H,24,31). The van der Waals surface area contributed by atoms with Crippen molar-refractivity contribution in [2.75, 3.05) is 44.6 Å². The van der Waals surface area contributed by atoms with E-state index >= 15 is 0 Å². The number of anilines is 1. The van der Waals surface area contributed by atoms with E-state index in [2.05, 4.69) is 5.32 Å². The summed E-state index contributed by atoms with van der Waals surface area (Å²) < 4.78 is 0. The van der Waals surface area contributed by atoms with Crippen molar-refractivity contribution in [3.63, 3.8) is 0 Å².